The van der Waals surface area contributed by atoms with Gasteiger partial charge in [0, 0.05) is 4.48 Å². The SMILES string of the molecule is C=C/C(Br)=C\C(=C)C(C)C. The van der Waals surface area contributed by atoms with Crippen molar-refractivity contribution in [1.29, 1.82) is 0 Å². The van der Waals surface area contributed by atoms with Gasteiger partial charge in [-0.2, -0.15) is 0 Å². The minimum Gasteiger partial charge on any atom is -0.0979 e. The van der Waals surface area contributed by atoms with Gasteiger partial charge in [-0.1, -0.05) is 54.6 Å². The lowest BCUT2D eigenvalue weighted by molar-refractivity contribution is 0.795. The Morgan fingerprint density at radius 2 is 2.00 bits per heavy atom. The molecule has 1 heteroatoms. The summed E-state index contributed by atoms with van der Waals surface area (Å²) in [4.78, 5) is 0. The summed E-state index contributed by atoms with van der Waals surface area (Å²) in [6, 6.07) is 0. The summed E-state index contributed by atoms with van der Waals surface area (Å²) < 4.78 is 0.992. The second-order valence-electron chi connectivity index (χ2n) is 2.46. The van der Waals surface area contributed by atoms with E-state index < -0.39 is 0 Å². The van der Waals surface area contributed by atoms with Gasteiger partial charge in [0.15, 0.2) is 0 Å². The number of allylic oxidation sites excluding steroid dienone is 4. The van der Waals surface area contributed by atoms with Gasteiger partial charge in [0.25, 0.3) is 0 Å². The van der Waals surface area contributed by atoms with Crippen molar-refractivity contribution in [2.45, 2.75) is 13.8 Å². The molecule has 0 aromatic carbocycles. The van der Waals surface area contributed by atoms with Crippen LogP contribution in [0, 0.1) is 5.92 Å². The Kier molecular flexibility index (Phi) is 4.37. The summed E-state index contributed by atoms with van der Waals surface area (Å²) in [5.74, 6) is 0.507. The van der Waals surface area contributed by atoms with Crippen LogP contribution in [0.1, 0.15) is 13.8 Å². The van der Waals surface area contributed by atoms with Crippen LogP contribution in [-0.2, 0) is 0 Å². The van der Waals surface area contributed by atoms with Gasteiger partial charge in [0.05, 0.1) is 0 Å². The molecule has 0 nitrogen and oxygen atoms in total. The maximum atomic E-state index is 3.89. The molecule has 0 aromatic heterocycles. The molecule has 0 fully saturated rings. The molecule has 0 aromatic rings. The molecule has 0 amide bonds. The molecular weight excluding hydrogens is 188 g/mol. The van der Waals surface area contributed by atoms with E-state index in [1.54, 1.807) is 6.08 Å². The van der Waals surface area contributed by atoms with Crippen molar-refractivity contribution >= 4 is 15.9 Å². The summed E-state index contributed by atoms with van der Waals surface area (Å²) in [7, 11) is 0. The summed E-state index contributed by atoms with van der Waals surface area (Å²) in [5.41, 5.74) is 1.12. The Bertz CT molecular complexity index is 164. The highest BCUT2D eigenvalue weighted by atomic mass is 79.9. The quantitative estimate of drug-likeness (QED) is 0.611. The fourth-order valence-corrected chi connectivity index (χ4v) is 0.697. The number of hydrogen-bond donors (Lipinski definition) is 0. The van der Waals surface area contributed by atoms with Crippen molar-refractivity contribution in [3.63, 3.8) is 0 Å². The van der Waals surface area contributed by atoms with E-state index in [2.05, 4.69) is 42.9 Å². The van der Waals surface area contributed by atoms with Crippen LogP contribution < -0.4 is 0 Å². The average Bonchev–Trinajstić information content (AvgIpc) is 1.87. The predicted octanol–water partition coefficient (Wildman–Crippen LogP) is 3.66. The normalized spacial score (nSPS) is 11.8. The van der Waals surface area contributed by atoms with Crippen molar-refractivity contribution in [2.24, 2.45) is 5.92 Å². The molecule has 0 radical (unpaired) electrons. The Balaban J connectivity index is 4.13. The molecule has 0 N–H and O–H groups in total. The third-order valence-electron chi connectivity index (χ3n) is 1.26. The second kappa shape index (κ2) is 4.51. The van der Waals surface area contributed by atoms with Gasteiger partial charge in [0.2, 0.25) is 0 Å². The number of hydrogen-bond acceptors (Lipinski definition) is 0. The minimum atomic E-state index is 0.507. The Hall–Kier alpha value is -0.300. The first kappa shape index (κ1) is 9.70. The number of rotatable bonds is 3. The molecule has 0 spiro atoms. The fourth-order valence-electron chi connectivity index (χ4n) is 0.403. The van der Waals surface area contributed by atoms with Crippen LogP contribution >= 0.6 is 15.9 Å². The van der Waals surface area contributed by atoms with Crippen LogP contribution in [0.15, 0.2) is 35.4 Å². The lowest BCUT2D eigenvalue weighted by Gasteiger charge is -2.02. The summed E-state index contributed by atoms with van der Waals surface area (Å²) in [5, 5.41) is 0. The molecule has 0 saturated carbocycles. The van der Waals surface area contributed by atoms with E-state index >= 15 is 0 Å². The molecule has 0 aliphatic carbocycles. The third kappa shape index (κ3) is 3.67. The van der Waals surface area contributed by atoms with E-state index in [1.165, 1.54) is 0 Å². The van der Waals surface area contributed by atoms with Crippen LogP contribution in [0.4, 0.5) is 0 Å². The van der Waals surface area contributed by atoms with Crippen LogP contribution in [0.2, 0.25) is 0 Å². The molecular formula is C9H13Br. The summed E-state index contributed by atoms with van der Waals surface area (Å²) in [6.07, 6.45) is 3.74. The van der Waals surface area contributed by atoms with E-state index in [-0.39, 0.29) is 0 Å². The molecule has 0 aliphatic heterocycles. The Morgan fingerprint density at radius 1 is 1.50 bits per heavy atom. The molecule has 0 rings (SSSR count). The van der Waals surface area contributed by atoms with Crippen LogP contribution in [0.25, 0.3) is 0 Å². The smallest absolute Gasteiger partial charge is 0.0172 e. The van der Waals surface area contributed by atoms with E-state index in [0.29, 0.717) is 5.92 Å². The van der Waals surface area contributed by atoms with Gasteiger partial charge in [0.1, 0.15) is 0 Å². The van der Waals surface area contributed by atoms with Gasteiger partial charge >= 0.3 is 0 Å². The van der Waals surface area contributed by atoms with Gasteiger partial charge in [-0.3, -0.25) is 0 Å². The first-order chi connectivity index (χ1) is 4.57. The topological polar surface area (TPSA) is 0 Å². The van der Waals surface area contributed by atoms with E-state index in [4.69, 9.17) is 0 Å². The molecule has 0 heterocycles. The molecule has 0 unspecified atom stereocenters. The van der Waals surface area contributed by atoms with Gasteiger partial charge < -0.3 is 0 Å². The monoisotopic (exact) mass is 200 g/mol. The lowest BCUT2D eigenvalue weighted by atomic mass is 10.1. The summed E-state index contributed by atoms with van der Waals surface area (Å²) >= 11 is 3.33. The van der Waals surface area contributed by atoms with Crippen molar-refractivity contribution in [2.75, 3.05) is 0 Å². The molecule has 56 valence electrons. The third-order valence-corrected chi connectivity index (χ3v) is 1.81. The first-order valence-electron chi connectivity index (χ1n) is 3.26. The predicted molar refractivity (Wildman–Crippen MR) is 51.2 cm³/mol. The van der Waals surface area contributed by atoms with Crippen molar-refractivity contribution in [3.8, 4) is 0 Å². The highest BCUT2D eigenvalue weighted by Crippen LogP contribution is 2.14. The van der Waals surface area contributed by atoms with E-state index in [9.17, 15) is 0 Å². The van der Waals surface area contributed by atoms with Gasteiger partial charge in [-0.25, -0.2) is 0 Å². The van der Waals surface area contributed by atoms with Crippen LogP contribution in [0.5, 0.6) is 0 Å². The molecule has 0 saturated heterocycles. The zero-order valence-electron chi connectivity index (χ0n) is 6.52. The van der Waals surface area contributed by atoms with E-state index in [0.717, 1.165) is 10.1 Å². The Morgan fingerprint density at radius 3 is 2.30 bits per heavy atom. The summed E-state index contributed by atoms with van der Waals surface area (Å²) in [6.45, 7) is 11.7. The molecule has 0 bridgehead atoms. The van der Waals surface area contributed by atoms with Crippen molar-refractivity contribution in [3.05, 3.63) is 35.4 Å². The van der Waals surface area contributed by atoms with Crippen LogP contribution in [0.3, 0.4) is 0 Å². The standard InChI is InChI=1S/C9H13Br/c1-5-9(10)6-8(4)7(2)3/h5-7H,1,4H2,2-3H3/b9-6+. The molecule has 10 heavy (non-hydrogen) atoms. The van der Waals surface area contributed by atoms with Crippen LogP contribution in [-0.4, -0.2) is 0 Å². The average molecular weight is 201 g/mol. The fraction of sp³-hybridized carbons (Fsp3) is 0.333. The first-order valence-corrected chi connectivity index (χ1v) is 4.05. The zero-order chi connectivity index (χ0) is 8.15. The lowest BCUT2D eigenvalue weighted by Crippen LogP contribution is -1.87. The second-order valence-corrected chi connectivity index (χ2v) is 3.38. The Labute approximate surface area is 71.5 Å². The van der Waals surface area contributed by atoms with Gasteiger partial charge in [-0.15, -0.1) is 0 Å². The molecule has 0 atom stereocenters. The van der Waals surface area contributed by atoms with Gasteiger partial charge in [-0.05, 0) is 12.0 Å². The zero-order valence-corrected chi connectivity index (χ0v) is 8.11. The van der Waals surface area contributed by atoms with Crippen molar-refractivity contribution in [1.82, 2.24) is 0 Å². The highest BCUT2D eigenvalue weighted by Gasteiger charge is 1.95. The molecule has 0 aliphatic rings. The maximum Gasteiger partial charge on any atom is 0.0172 e. The maximum absolute atomic E-state index is 3.89. The number of halogens is 1. The van der Waals surface area contributed by atoms with E-state index in [1.807, 2.05) is 6.08 Å². The van der Waals surface area contributed by atoms with Crippen molar-refractivity contribution < 1.29 is 0 Å². The minimum absolute atomic E-state index is 0.507. The highest BCUT2D eigenvalue weighted by molar-refractivity contribution is 9.11. The largest absolute Gasteiger partial charge is 0.0979 e.